The van der Waals surface area contributed by atoms with Crippen molar-refractivity contribution >= 4 is 29.9 Å². The van der Waals surface area contributed by atoms with Crippen LogP contribution in [-0.2, 0) is 6.42 Å². The predicted molar refractivity (Wildman–Crippen MR) is 136 cm³/mol. The van der Waals surface area contributed by atoms with Crippen molar-refractivity contribution in [3.05, 3.63) is 48.0 Å². The fourth-order valence-electron chi connectivity index (χ4n) is 2.98. The molecule has 0 spiro atoms. The maximum atomic E-state index is 5.71. The highest BCUT2D eigenvalue weighted by Gasteiger charge is 2.15. The lowest BCUT2D eigenvalue weighted by Crippen LogP contribution is -2.38. The van der Waals surface area contributed by atoms with E-state index in [0.717, 1.165) is 36.7 Å². The van der Waals surface area contributed by atoms with E-state index in [1.807, 2.05) is 49.4 Å². The fraction of sp³-hybridized carbons (Fsp3) is 0.435. The molecule has 2 aromatic carbocycles. The molecule has 0 aliphatic heterocycles. The Balaban J connectivity index is 0.00000480. The number of halogens is 1. The Labute approximate surface area is 202 Å². The van der Waals surface area contributed by atoms with E-state index in [-0.39, 0.29) is 24.0 Å². The predicted octanol–water partition coefficient (Wildman–Crippen LogP) is 3.90. The second-order valence-corrected chi connectivity index (χ2v) is 6.45. The lowest BCUT2D eigenvalue weighted by Gasteiger charge is -2.16. The number of hydrogen-bond donors (Lipinski definition) is 2. The van der Waals surface area contributed by atoms with Gasteiger partial charge in [-0.25, -0.2) is 0 Å². The first-order valence-electron chi connectivity index (χ1n) is 10.2. The van der Waals surface area contributed by atoms with Crippen LogP contribution in [0.4, 0.5) is 0 Å². The van der Waals surface area contributed by atoms with Crippen LogP contribution in [0.2, 0.25) is 0 Å². The molecule has 2 N–H and O–H groups in total. The molecule has 0 aliphatic carbocycles. The Morgan fingerprint density at radius 1 is 0.903 bits per heavy atom. The van der Waals surface area contributed by atoms with Gasteiger partial charge in [0, 0.05) is 31.6 Å². The first-order valence-corrected chi connectivity index (χ1v) is 10.2. The maximum Gasteiger partial charge on any atom is 0.203 e. The number of nitrogens with one attached hydrogen (secondary N) is 2. The van der Waals surface area contributed by atoms with Gasteiger partial charge in [-0.3, -0.25) is 4.99 Å². The second-order valence-electron chi connectivity index (χ2n) is 6.45. The van der Waals surface area contributed by atoms with Gasteiger partial charge >= 0.3 is 0 Å². The number of nitrogens with zero attached hydrogens (tertiary/aromatic N) is 1. The largest absolute Gasteiger partial charge is 0.494 e. The summed E-state index contributed by atoms with van der Waals surface area (Å²) in [6.07, 6.45) is 1.60. The highest BCUT2D eigenvalue weighted by Crippen LogP contribution is 2.39. The number of benzene rings is 2. The Morgan fingerprint density at radius 2 is 1.65 bits per heavy atom. The molecule has 0 atom stereocenters. The standard InChI is InChI=1S/C23H33N3O4.HI/c1-5-24-23(25-15-9-17-30-19-10-7-6-8-11-19)26-16-14-18-12-13-20(27-2)22(29-4)21(18)28-3;/h6-8,10-13H,5,9,14-17H2,1-4H3,(H2,24,25,26);1H. The zero-order valence-electron chi connectivity index (χ0n) is 18.8. The SMILES string of the molecule is CCNC(=NCCCOc1ccccc1)NCCc1ccc(OC)c(OC)c1OC.I. The van der Waals surface area contributed by atoms with Crippen molar-refractivity contribution in [3.63, 3.8) is 0 Å². The molecule has 7 nitrogen and oxygen atoms in total. The van der Waals surface area contributed by atoms with Crippen molar-refractivity contribution < 1.29 is 18.9 Å². The molecule has 0 saturated heterocycles. The van der Waals surface area contributed by atoms with Crippen molar-refractivity contribution in [2.24, 2.45) is 4.99 Å². The fourth-order valence-corrected chi connectivity index (χ4v) is 2.98. The lowest BCUT2D eigenvalue weighted by atomic mass is 10.1. The highest BCUT2D eigenvalue weighted by atomic mass is 127. The smallest absolute Gasteiger partial charge is 0.203 e. The minimum Gasteiger partial charge on any atom is -0.494 e. The third kappa shape index (κ3) is 8.72. The van der Waals surface area contributed by atoms with Crippen LogP contribution >= 0.6 is 24.0 Å². The summed E-state index contributed by atoms with van der Waals surface area (Å²) in [4.78, 5) is 4.62. The molecule has 0 aromatic heterocycles. The third-order valence-electron chi connectivity index (χ3n) is 4.40. The van der Waals surface area contributed by atoms with Gasteiger partial charge < -0.3 is 29.6 Å². The average Bonchev–Trinajstić information content (AvgIpc) is 2.78. The van der Waals surface area contributed by atoms with Gasteiger partial charge in [0.1, 0.15) is 5.75 Å². The molecule has 0 radical (unpaired) electrons. The van der Waals surface area contributed by atoms with Gasteiger partial charge in [-0.2, -0.15) is 0 Å². The summed E-state index contributed by atoms with van der Waals surface area (Å²) >= 11 is 0. The molecule has 0 heterocycles. The van der Waals surface area contributed by atoms with Gasteiger partial charge in [0.05, 0.1) is 27.9 Å². The van der Waals surface area contributed by atoms with Crippen molar-refractivity contribution in [1.29, 1.82) is 0 Å². The number of para-hydroxylation sites is 1. The summed E-state index contributed by atoms with van der Waals surface area (Å²) in [6, 6.07) is 13.7. The molecular formula is C23H34IN3O4. The topological polar surface area (TPSA) is 73.3 Å². The molecular weight excluding hydrogens is 509 g/mol. The van der Waals surface area contributed by atoms with Crippen LogP contribution in [0.1, 0.15) is 18.9 Å². The quantitative estimate of drug-likeness (QED) is 0.183. The van der Waals surface area contributed by atoms with E-state index in [1.165, 1.54) is 0 Å². The minimum absolute atomic E-state index is 0. The van der Waals surface area contributed by atoms with E-state index in [0.29, 0.717) is 36.9 Å². The van der Waals surface area contributed by atoms with Gasteiger partial charge in [0.15, 0.2) is 17.5 Å². The van der Waals surface area contributed by atoms with E-state index < -0.39 is 0 Å². The number of rotatable bonds is 12. The maximum absolute atomic E-state index is 5.71. The molecule has 0 amide bonds. The summed E-state index contributed by atoms with van der Waals surface area (Å²) in [7, 11) is 4.86. The summed E-state index contributed by atoms with van der Waals surface area (Å²) < 4.78 is 22.1. The van der Waals surface area contributed by atoms with Crippen molar-refractivity contribution in [2.45, 2.75) is 19.8 Å². The molecule has 31 heavy (non-hydrogen) atoms. The monoisotopic (exact) mass is 543 g/mol. The molecule has 0 bridgehead atoms. The van der Waals surface area contributed by atoms with Crippen LogP contribution in [-0.4, -0.2) is 53.5 Å². The summed E-state index contributed by atoms with van der Waals surface area (Å²) in [6.45, 7) is 4.87. The number of hydrogen-bond acceptors (Lipinski definition) is 5. The Hall–Kier alpha value is -2.36. The minimum atomic E-state index is 0. The Morgan fingerprint density at radius 3 is 2.29 bits per heavy atom. The van der Waals surface area contributed by atoms with Crippen LogP contribution in [0.25, 0.3) is 0 Å². The molecule has 8 heteroatoms. The zero-order valence-corrected chi connectivity index (χ0v) is 21.1. The third-order valence-corrected chi connectivity index (χ3v) is 4.40. The highest BCUT2D eigenvalue weighted by molar-refractivity contribution is 14.0. The molecule has 0 aliphatic rings. The van der Waals surface area contributed by atoms with Gasteiger partial charge in [-0.15, -0.1) is 24.0 Å². The number of aliphatic imine (C=N–C) groups is 1. The summed E-state index contributed by atoms with van der Waals surface area (Å²) in [5.41, 5.74) is 1.04. The Bertz CT molecular complexity index is 788. The van der Waals surface area contributed by atoms with Crippen molar-refractivity contribution in [3.8, 4) is 23.0 Å². The lowest BCUT2D eigenvalue weighted by molar-refractivity contribution is 0.313. The van der Waals surface area contributed by atoms with E-state index >= 15 is 0 Å². The van der Waals surface area contributed by atoms with Gasteiger partial charge in [-0.05, 0) is 31.5 Å². The first-order chi connectivity index (χ1) is 14.7. The first kappa shape index (κ1) is 26.7. The van der Waals surface area contributed by atoms with Crippen LogP contribution in [0.5, 0.6) is 23.0 Å². The van der Waals surface area contributed by atoms with Crippen molar-refractivity contribution in [1.82, 2.24) is 10.6 Å². The van der Waals surface area contributed by atoms with Crippen LogP contribution in [0.3, 0.4) is 0 Å². The summed E-state index contributed by atoms with van der Waals surface area (Å²) in [5.74, 6) is 3.63. The summed E-state index contributed by atoms with van der Waals surface area (Å²) in [5, 5.41) is 6.63. The molecule has 172 valence electrons. The van der Waals surface area contributed by atoms with E-state index in [4.69, 9.17) is 18.9 Å². The normalized spacial score (nSPS) is 10.6. The number of guanidine groups is 1. The average molecular weight is 543 g/mol. The van der Waals surface area contributed by atoms with Gasteiger partial charge in [-0.1, -0.05) is 24.3 Å². The van der Waals surface area contributed by atoms with Gasteiger partial charge in [0.25, 0.3) is 0 Å². The molecule has 2 rings (SSSR count). The van der Waals surface area contributed by atoms with E-state index in [1.54, 1.807) is 21.3 Å². The molecule has 0 saturated carbocycles. The molecule has 0 fully saturated rings. The number of ether oxygens (including phenoxy) is 4. The van der Waals surface area contributed by atoms with Crippen LogP contribution < -0.4 is 29.6 Å². The van der Waals surface area contributed by atoms with Crippen molar-refractivity contribution in [2.75, 3.05) is 47.6 Å². The van der Waals surface area contributed by atoms with Gasteiger partial charge in [0.2, 0.25) is 5.75 Å². The second kappa shape index (κ2) is 15.4. The van der Waals surface area contributed by atoms with E-state index in [2.05, 4.69) is 15.6 Å². The van der Waals surface area contributed by atoms with E-state index in [9.17, 15) is 0 Å². The number of methoxy groups -OCH3 is 3. The van der Waals surface area contributed by atoms with Crippen LogP contribution in [0, 0.1) is 0 Å². The molecule has 0 unspecified atom stereocenters. The molecule has 2 aromatic rings. The van der Waals surface area contributed by atoms with Crippen LogP contribution in [0.15, 0.2) is 47.5 Å². The zero-order chi connectivity index (χ0) is 21.6. The Kier molecular flexibility index (Phi) is 13.3.